The number of benzene rings is 1. The smallest absolute Gasteiger partial charge is 0.362 e. The van der Waals surface area contributed by atoms with E-state index in [2.05, 4.69) is 20.8 Å². The molecule has 3 aromatic rings. The lowest BCUT2D eigenvalue weighted by molar-refractivity contribution is -0.178. The zero-order chi connectivity index (χ0) is 37.2. The minimum atomic E-state index is -5.10. The van der Waals surface area contributed by atoms with Crippen LogP contribution in [0.1, 0.15) is 57.8 Å². The fraction of sp³-hybridized carbons (Fsp3) is 0.310. The molecule has 3 heterocycles. The van der Waals surface area contributed by atoms with Crippen molar-refractivity contribution < 1.29 is 57.2 Å². The van der Waals surface area contributed by atoms with E-state index in [0.717, 1.165) is 17.4 Å². The lowest BCUT2D eigenvalue weighted by Gasteiger charge is -2.44. The van der Waals surface area contributed by atoms with E-state index in [-0.39, 0.29) is 44.8 Å². The number of hydrogen-bond donors (Lipinski definition) is 7. The molecule has 2 aliphatic rings. The first kappa shape index (κ1) is 36.4. The Labute approximate surface area is 291 Å². The number of rotatable bonds is 14. The van der Waals surface area contributed by atoms with Gasteiger partial charge in [0.1, 0.15) is 11.4 Å². The summed E-state index contributed by atoms with van der Waals surface area (Å²) in [6, 6.07) is 4.98. The van der Waals surface area contributed by atoms with Gasteiger partial charge in [0.2, 0.25) is 16.9 Å². The number of amides is 3. The molecule has 1 saturated heterocycles. The largest absolute Gasteiger partial charge is 0.503 e. The Morgan fingerprint density at radius 1 is 1.12 bits per heavy atom. The fourth-order valence-corrected chi connectivity index (χ4v) is 6.72. The van der Waals surface area contributed by atoms with Gasteiger partial charge in [-0.2, -0.15) is 13.1 Å². The van der Waals surface area contributed by atoms with E-state index in [4.69, 9.17) is 10.6 Å². The average molecular weight is 748 g/mol. The van der Waals surface area contributed by atoms with E-state index in [1.54, 1.807) is 0 Å². The molecule has 0 unspecified atom stereocenters. The van der Waals surface area contributed by atoms with E-state index in [0.29, 0.717) is 18.2 Å². The molecule has 0 spiro atoms. The third-order valence-corrected chi connectivity index (χ3v) is 9.85. The SMILES string of the molecule is Nc1nc(/C(=N/OC2(C(=O)O)CCC2)C(=O)C[C@@H]2C(=O)N(S(=O)(=O)O)[C@@H]2CNC(=O)c2ccc(CNC(=O)c3cc(=O)c(O)cn3O)cc2)cs1. The third kappa shape index (κ3) is 7.66. The number of carboxylic acid groups (broad SMARTS) is 1. The highest BCUT2D eigenvalue weighted by atomic mass is 32.2. The number of aromatic hydroxyl groups is 1. The van der Waals surface area contributed by atoms with Crippen molar-refractivity contribution in [3.63, 3.8) is 0 Å². The predicted octanol–water partition coefficient (Wildman–Crippen LogP) is -0.493. The number of β-lactam (4-membered cyclic amide) rings is 1. The Morgan fingerprint density at radius 3 is 2.37 bits per heavy atom. The molecule has 2 aromatic heterocycles. The number of Topliss-reactive ketones (excluding diaryl/α,β-unsaturated/α-hetero) is 1. The average Bonchev–Trinajstić information content (AvgIpc) is 3.48. The van der Waals surface area contributed by atoms with Crippen molar-refractivity contribution in [1.29, 1.82) is 0 Å². The maximum Gasteiger partial charge on any atom is 0.362 e. The molecule has 1 aliphatic heterocycles. The van der Waals surface area contributed by atoms with Crippen molar-refractivity contribution in [3.8, 4) is 5.75 Å². The molecule has 270 valence electrons. The van der Waals surface area contributed by atoms with Crippen LogP contribution in [0, 0.1) is 5.92 Å². The van der Waals surface area contributed by atoms with Crippen LogP contribution in [0.5, 0.6) is 5.75 Å². The summed E-state index contributed by atoms with van der Waals surface area (Å²) in [5, 5.41) is 38.8. The number of thiazole rings is 1. The van der Waals surface area contributed by atoms with Crippen LogP contribution in [0.4, 0.5) is 5.13 Å². The highest BCUT2D eigenvalue weighted by Crippen LogP contribution is 2.37. The molecule has 0 bridgehead atoms. The van der Waals surface area contributed by atoms with Crippen LogP contribution >= 0.6 is 11.3 Å². The van der Waals surface area contributed by atoms with E-state index < -0.39 is 92.9 Å². The van der Waals surface area contributed by atoms with E-state index >= 15 is 0 Å². The maximum atomic E-state index is 13.4. The number of carbonyl (C=O) groups is 5. The number of carboxylic acids is 1. The minimum absolute atomic E-state index is 0.0464. The molecule has 1 saturated carbocycles. The summed E-state index contributed by atoms with van der Waals surface area (Å²) in [7, 11) is -5.10. The highest BCUT2D eigenvalue weighted by Gasteiger charge is 2.54. The Hall–Kier alpha value is -5.87. The maximum absolute atomic E-state index is 13.4. The van der Waals surface area contributed by atoms with Crippen LogP contribution in [0.2, 0.25) is 0 Å². The molecule has 2 fully saturated rings. The van der Waals surface area contributed by atoms with Crippen molar-refractivity contribution in [2.24, 2.45) is 11.1 Å². The molecule has 0 radical (unpaired) electrons. The molecule has 1 aliphatic carbocycles. The number of hydrogen-bond acceptors (Lipinski definition) is 15. The van der Waals surface area contributed by atoms with Crippen molar-refractivity contribution in [2.75, 3.05) is 12.3 Å². The number of pyridine rings is 1. The summed E-state index contributed by atoms with van der Waals surface area (Å²) in [6.07, 6.45) is 0.794. The Bertz CT molecular complexity index is 2110. The van der Waals surface area contributed by atoms with Crippen LogP contribution in [-0.4, -0.2) is 95.8 Å². The van der Waals surface area contributed by atoms with Crippen LogP contribution in [0.15, 0.2) is 51.9 Å². The lowest BCUT2D eigenvalue weighted by Crippen LogP contribution is -2.66. The van der Waals surface area contributed by atoms with Gasteiger partial charge in [0, 0.05) is 49.4 Å². The molecule has 3 amide bonds. The zero-order valence-electron chi connectivity index (χ0n) is 26.1. The minimum Gasteiger partial charge on any atom is -0.503 e. The first-order valence-corrected chi connectivity index (χ1v) is 17.1. The highest BCUT2D eigenvalue weighted by molar-refractivity contribution is 7.84. The van der Waals surface area contributed by atoms with Gasteiger partial charge in [-0.3, -0.25) is 28.5 Å². The number of nitrogens with zero attached hydrogens (tertiary/aromatic N) is 4. The molecule has 5 rings (SSSR count). The third-order valence-electron chi connectivity index (χ3n) is 8.23. The van der Waals surface area contributed by atoms with Crippen LogP contribution in [0.25, 0.3) is 0 Å². The topological polar surface area (TPSA) is 310 Å². The number of oxime groups is 1. The van der Waals surface area contributed by atoms with Gasteiger partial charge in [-0.05, 0) is 24.1 Å². The van der Waals surface area contributed by atoms with Crippen LogP contribution < -0.4 is 21.8 Å². The molecular weight excluding hydrogens is 718 g/mol. The number of nitrogen functional groups attached to an aromatic ring is 1. The summed E-state index contributed by atoms with van der Waals surface area (Å²) >= 11 is 0.948. The lowest BCUT2D eigenvalue weighted by atomic mass is 9.80. The molecule has 20 nitrogen and oxygen atoms in total. The first-order chi connectivity index (χ1) is 24.0. The number of nitrogens with one attached hydrogen (secondary N) is 2. The zero-order valence-corrected chi connectivity index (χ0v) is 27.7. The number of nitrogens with two attached hydrogens (primary N) is 1. The van der Waals surface area contributed by atoms with Gasteiger partial charge in [-0.25, -0.2) is 14.1 Å². The number of carbonyl (C=O) groups excluding carboxylic acids is 4. The second-order valence-electron chi connectivity index (χ2n) is 11.5. The number of aromatic nitrogens is 2. The van der Waals surface area contributed by atoms with Crippen LogP contribution in [-0.2, 0) is 36.1 Å². The van der Waals surface area contributed by atoms with Gasteiger partial charge in [-0.1, -0.05) is 17.3 Å². The van der Waals surface area contributed by atoms with Crippen molar-refractivity contribution in [3.05, 3.63) is 74.6 Å². The van der Waals surface area contributed by atoms with E-state index in [1.807, 2.05) is 0 Å². The molecule has 2 atom stereocenters. The number of ketones is 1. The van der Waals surface area contributed by atoms with Crippen molar-refractivity contribution in [2.45, 2.75) is 43.9 Å². The molecular formula is C29H29N7O13S2. The van der Waals surface area contributed by atoms with Gasteiger partial charge in [0.25, 0.3) is 11.8 Å². The molecule has 22 heteroatoms. The van der Waals surface area contributed by atoms with E-state index in [9.17, 15) is 57.2 Å². The number of anilines is 1. The Balaban J connectivity index is 1.24. The quantitative estimate of drug-likeness (QED) is 0.0360. The predicted molar refractivity (Wildman–Crippen MR) is 173 cm³/mol. The van der Waals surface area contributed by atoms with Crippen molar-refractivity contribution in [1.82, 2.24) is 24.7 Å². The van der Waals surface area contributed by atoms with Gasteiger partial charge in [-0.15, -0.1) is 11.3 Å². The Kier molecular flexibility index (Phi) is 10.1. The van der Waals surface area contributed by atoms with Gasteiger partial charge >= 0.3 is 16.3 Å². The molecule has 8 N–H and O–H groups in total. The standard InChI is InChI=1S/C29H29N7O13S2/c30-28-33-17(13-50-28)23(34-49-29(27(43)44)6-1-7-29)21(38)8-16-19(36(26(16)42)51(46,47)48)11-32-24(40)15-4-2-14(3-5-15)10-31-25(41)18-9-20(37)22(39)12-35(18)45/h2-5,9,12-13,16,19,39,45H,1,6-8,10-11H2,(H2,30,33)(H,31,41)(H,32,40)(H,43,44)(H,46,47,48)/b34-23-/t16-,19+/m0/s1. The molecule has 51 heavy (non-hydrogen) atoms. The van der Waals surface area contributed by atoms with Gasteiger partial charge in [0.15, 0.2) is 22.4 Å². The van der Waals surface area contributed by atoms with Crippen molar-refractivity contribution >= 4 is 62.0 Å². The molecule has 1 aromatic carbocycles. The number of aliphatic carboxylic acids is 1. The summed E-state index contributed by atoms with van der Waals surface area (Å²) in [5.74, 6) is -7.00. The fourth-order valence-electron chi connectivity index (χ4n) is 5.24. The normalized spacial score (nSPS) is 18.3. The first-order valence-electron chi connectivity index (χ1n) is 14.9. The summed E-state index contributed by atoms with van der Waals surface area (Å²) in [5.41, 5.74) is 2.75. The summed E-state index contributed by atoms with van der Waals surface area (Å²) < 4.78 is 34.1. The second kappa shape index (κ2) is 14.2. The van der Waals surface area contributed by atoms with E-state index in [1.165, 1.54) is 29.6 Å². The Morgan fingerprint density at radius 2 is 1.80 bits per heavy atom. The second-order valence-corrected chi connectivity index (χ2v) is 13.7. The van der Waals surface area contributed by atoms with Gasteiger partial charge < -0.3 is 36.6 Å². The summed E-state index contributed by atoms with van der Waals surface area (Å²) in [6.45, 7) is -0.621. The monoisotopic (exact) mass is 747 g/mol. The van der Waals surface area contributed by atoms with Gasteiger partial charge in [0.05, 0.1) is 18.2 Å². The summed E-state index contributed by atoms with van der Waals surface area (Å²) in [4.78, 5) is 84.2. The van der Waals surface area contributed by atoms with Crippen LogP contribution in [0.3, 0.4) is 0 Å².